The molecule has 0 radical (unpaired) electrons. The summed E-state index contributed by atoms with van der Waals surface area (Å²) in [5.41, 5.74) is 1.21. The van der Waals surface area contributed by atoms with Gasteiger partial charge in [-0.15, -0.1) is 11.3 Å². The van der Waals surface area contributed by atoms with Crippen LogP contribution in [0.15, 0.2) is 46.8 Å². The maximum absolute atomic E-state index is 11.9. The number of ether oxygens (including phenoxy) is 1. The molecule has 6 nitrogen and oxygen atoms in total. The zero-order valence-corrected chi connectivity index (χ0v) is 17.3. The van der Waals surface area contributed by atoms with Crippen LogP contribution in [0.5, 0.6) is 5.75 Å². The number of hydrogen-bond donors (Lipinski definition) is 1. The van der Waals surface area contributed by atoms with Crippen LogP contribution in [0.2, 0.25) is 0 Å². The highest BCUT2D eigenvalue weighted by molar-refractivity contribution is 7.09. The van der Waals surface area contributed by atoms with E-state index in [0.29, 0.717) is 25.7 Å². The summed E-state index contributed by atoms with van der Waals surface area (Å²) in [6.45, 7) is 4.02. The number of carbonyl (C=O) groups is 1. The summed E-state index contributed by atoms with van der Waals surface area (Å²) in [6, 6.07) is 12.1. The van der Waals surface area contributed by atoms with Crippen LogP contribution in [0, 0.1) is 6.92 Å². The Hall–Kier alpha value is -2.54. The van der Waals surface area contributed by atoms with Gasteiger partial charge in [-0.1, -0.05) is 23.8 Å². The molecule has 27 heavy (non-hydrogen) atoms. The molecule has 0 unspecified atom stereocenters. The highest BCUT2D eigenvalue weighted by Gasteiger charge is 2.10. The number of guanidine groups is 1. The summed E-state index contributed by atoms with van der Waals surface area (Å²) >= 11 is 1.69. The summed E-state index contributed by atoms with van der Waals surface area (Å²) in [5.74, 6) is 1.50. The molecule has 1 N–H and O–H groups in total. The van der Waals surface area contributed by atoms with E-state index in [1.54, 1.807) is 30.3 Å². The van der Waals surface area contributed by atoms with Crippen LogP contribution in [-0.2, 0) is 11.3 Å². The SMILES string of the molecule is Cc1ccc(OCCN(C)C(=NCC(=O)N(C)C)NCc2cccs2)cc1. The van der Waals surface area contributed by atoms with E-state index < -0.39 is 0 Å². The van der Waals surface area contributed by atoms with Crippen molar-refractivity contribution >= 4 is 23.2 Å². The molecule has 2 aromatic rings. The molecule has 0 aliphatic carbocycles. The Kier molecular flexibility index (Phi) is 8.13. The third kappa shape index (κ3) is 7.30. The van der Waals surface area contributed by atoms with Crippen molar-refractivity contribution < 1.29 is 9.53 Å². The number of nitrogens with one attached hydrogen (secondary N) is 1. The number of rotatable bonds is 8. The van der Waals surface area contributed by atoms with Gasteiger partial charge in [0.1, 0.15) is 18.9 Å². The second kappa shape index (κ2) is 10.6. The second-order valence-electron chi connectivity index (χ2n) is 6.44. The Morgan fingerprint density at radius 2 is 1.93 bits per heavy atom. The van der Waals surface area contributed by atoms with Crippen LogP contribution < -0.4 is 10.1 Å². The van der Waals surface area contributed by atoms with Crippen molar-refractivity contribution in [1.29, 1.82) is 0 Å². The van der Waals surface area contributed by atoms with Crippen LogP contribution in [0.1, 0.15) is 10.4 Å². The molecule has 1 aromatic heterocycles. The monoisotopic (exact) mass is 388 g/mol. The van der Waals surface area contributed by atoms with E-state index in [4.69, 9.17) is 4.74 Å². The smallest absolute Gasteiger partial charge is 0.243 e. The molecule has 0 aliphatic rings. The van der Waals surface area contributed by atoms with Crippen molar-refractivity contribution in [2.45, 2.75) is 13.5 Å². The number of aliphatic imine (C=N–C) groups is 1. The fourth-order valence-corrected chi connectivity index (χ4v) is 2.86. The predicted octanol–water partition coefficient (Wildman–Crippen LogP) is 2.60. The van der Waals surface area contributed by atoms with Crippen LogP contribution in [0.25, 0.3) is 0 Å². The van der Waals surface area contributed by atoms with Gasteiger partial charge in [0.2, 0.25) is 5.91 Å². The van der Waals surface area contributed by atoms with E-state index in [9.17, 15) is 4.79 Å². The van der Waals surface area contributed by atoms with Crippen LogP contribution in [0.3, 0.4) is 0 Å². The molecule has 2 rings (SSSR count). The van der Waals surface area contributed by atoms with E-state index in [1.165, 1.54) is 10.4 Å². The average molecular weight is 389 g/mol. The molecule has 146 valence electrons. The minimum atomic E-state index is -0.0327. The maximum atomic E-state index is 11.9. The first-order valence-electron chi connectivity index (χ1n) is 8.87. The lowest BCUT2D eigenvalue weighted by Crippen LogP contribution is -2.41. The van der Waals surface area contributed by atoms with Gasteiger partial charge in [-0.3, -0.25) is 4.79 Å². The molecular weight excluding hydrogens is 360 g/mol. The van der Waals surface area contributed by atoms with Crippen molar-refractivity contribution in [2.75, 3.05) is 40.8 Å². The highest BCUT2D eigenvalue weighted by Crippen LogP contribution is 2.11. The summed E-state index contributed by atoms with van der Waals surface area (Å²) in [5, 5.41) is 5.38. The predicted molar refractivity (Wildman–Crippen MR) is 111 cm³/mol. The topological polar surface area (TPSA) is 57.2 Å². The summed E-state index contributed by atoms with van der Waals surface area (Å²) in [4.78, 5) is 21.1. The van der Waals surface area contributed by atoms with E-state index in [-0.39, 0.29) is 12.5 Å². The fourth-order valence-electron chi connectivity index (χ4n) is 2.22. The number of likely N-dealkylation sites (N-methyl/N-ethyl adjacent to an activating group) is 2. The fraction of sp³-hybridized carbons (Fsp3) is 0.400. The standard InChI is InChI=1S/C20H28N4O2S/c1-16-7-9-17(10-8-16)26-12-11-24(4)20(22-15-19(25)23(2)3)21-14-18-6-5-13-27-18/h5-10,13H,11-12,14-15H2,1-4H3,(H,21,22). The minimum absolute atomic E-state index is 0.0327. The maximum Gasteiger partial charge on any atom is 0.243 e. The molecule has 0 saturated heterocycles. The number of hydrogen-bond acceptors (Lipinski definition) is 4. The number of benzene rings is 1. The van der Waals surface area contributed by atoms with Crippen LogP contribution in [0.4, 0.5) is 0 Å². The van der Waals surface area contributed by atoms with Gasteiger partial charge >= 0.3 is 0 Å². The van der Waals surface area contributed by atoms with Gasteiger partial charge in [0.15, 0.2) is 5.96 Å². The lowest BCUT2D eigenvalue weighted by molar-refractivity contribution is -0.127. The Labute approximate surface area is 165 Å². The van der Waals surface area contributed by atoms with Crippen molar-refractivity contribution in [2.24, 2.45) is 4.99 Å². The Balaban J connectivity index is 1.91. The van der Waals surface area contributed by atoms with Crippen molar-refractivity contribution in [3.8, 4) is 5.75 Å². The van der Waals surface area contributed by atoms with Gasteiger partial charge in [-0.05, 0) is 30.5 Å². The number of amides is 1. The number of nitrogens with zero attached hydrogens (tertiary/aromatic N) is 3. The first kappa shape index (κ1) is 20.8. The molecule has 1 aromatic carbocycles. The first-order valence-corrected chi connectivity index (χ1v) is 9.75. The van der Waals surface area contributed by atoms with E-state index >= 15 is 0 Å². The molecule has 0 atom stereocenters. The van der Waals surface area contributed by atoms with Crippen molar-refractivity contribution in [3.05, 3.63) is 52.2 Å². The zero-order chi connectivity index (χ0) is 19.6. The van der Waals surface area contributed by atoms with Gasteiger partial charge in [-0.2, -0.15) is 0 Å². The van der Waals surface area contributed by atoms with Gasteiger partial charge < -0.3 is 19.9 Å². The van der Waals surface area contributed by atoms with E-state index in [2.05, 4.69) is 23.3 Å². The Morgan fingerprint density at radius 3 is 2.56 bits per heavy atom. The van der Waals surface area contributed by atoms with E-state index in [0.717, 1.165) is 5.75 Å². The normalized spacial score (nSPS) is 11.2. The van der Waals surface area contributed by atoms with Crippen LogP contribution in [-0.4, -0.2) is 62.5 Å². The third-order valence-electron chi connectivity index (χ3n) is 3.94. The molecule has 0 spiro atoms. The second-order valence-corrected chi connectivity index (χ2v) is 7.48. The Morgan fingerprint density at radius 1 is 1.19 bits per heavy atom. The highest BCUT2D eigenvalue weighted by atomic mass is 32.1. The molecule has 1 heterocycles. The summed E-state index contributed by atoms with van der Waals surface area (Å²) < 4.78 is 5.80. The van der Waals surface area contributed by atoms with Gasteiger partial charge in [0, 0.05) is 26.0 Å². The van der Waals surface area contributed by atoms with Gasteiger partial charge in [-0.25, -0.2) is 4.99 Å². The quantitative estimate of drug-likeness (QED) is 0.558. The molecule has 0 fully saturated rings. The summed E-state index contributed by atoms with van der Waals surface area (Å²) in [7, 11) is 5.41. The van der Waals surface area contributed by atoms with Crippen LogP contribution >= 0.6 is 11.3 Å². The largest absolute Gasteiger partial charge is 0.492 e. The molecule has 0 saturated carbocycles. The van der Waals surface area contributed by atoms with E-state index in [1.807, 2.05) is 47.7 Å². The third-order valence-corrected chi connectivity index (χ3v) is 4.82. The Bertz CT molecular complexity index is 727. The molecular formula is C20H28N4O2S. The van der Waals surface area contributed by atoms with Gasteiger partial charge in [0.25, 0.3) is 0 Å². The summed E-state index contributed by atoms with van der Waals surface area (Å²) in [6.07, 6.45) is 0. The van der Waals surface area contributed by atoms with Crippen molar-refractivity contribution in [3.63, 3.8) is 0 Å². The number of carbonyl (C=O) groups excluding carboxylic acids is 1. The molecule has 0 aliphatic heterocycles. The number of aryl methyl sites for hydroxylation is 1. The molecule has 7 heteroatoms. The molecule has 1 amide bonds. The zero-order valence-electron chi connectivity index (χ0n) is 16.4. The molecule has 0 bridgehead atoms. The number of thiophene rings is 1. The average Bonchev–Trinajstić information content (AvgIpc) is 3.16. The minimum Gasteiger partial charge on any atom is -0.492 e. The van der Waals surface area contributed by atoms with Crippen molar-refractivity contribution in [1.82, 2.24) is 15.1 Å². The van der Waals surface area contributed by atoms with Gasteiger partial charge in [0.05, 0.1) is 13.1 Å². The lowest BCUT2D eigenvalue weighted by atomic mass is 10.2. The lowest BCUT2D eigenvalue weighted by Gasteiger charge is -2.22. The first-order chi connectivity index (χ1) is 13.0.